The van der Waals surface area contributed by atoms with E-state index in [1.54, 1.807) is 0 Å². The van der Waals surface area contributed by atoms with Crippen LogP contribution in [0.3, 0.4) is 0 Å². The van der Waals surface area contributed by atoms with Gasteiger partial charge >= 0.3 is 6.03 Å². The number of anilines is 1. The molecule has 126 valence electrons. The lowest BCUT2D eigenvalue weighted by molar-refractivity contribution is 0.116. The largest absolute Gasteiger partial charge is 0.322 e. The summed E-state index contributed by atoms with van der Waals surface area (Å²) in [6.45, 7) is 6.53. The molecule has 1 atom stereocenters. The summed E-state index contributed by atoms with van der Waals surface area (Å²) in [5.41, 5.74) is 4.29. The Hall–Kier alpha value is -2.33. The van der Waals surface area contributed by atoms with Crippen LogP contribution in [0.1, 0.15) is 22.7 Å². The molecule has 0 spiro atoms. The first kappa shape index (κ1) is 16.5. The van der Waals surface area contributed by atoms with Gasteiger partial charge in [0.05, 0.1) is 6.04 Å². The maximum absolute atomic E-state index is 13.0. The molecule has 2 amide bonds. The van der Waals surface area contributed by atoms with Crippen molar-refractivity contribution in [1.82, 2.24) is 9.80 Å². The summed E-state index contributed by atoms with van der Waals surface area (Å²) in [4.78, 5) is 17.2. The molecular formula is C20H25N3O. The standard InChI is InChI=1S/C20H25N3O/c1-15-8-7-9-16(2)19(15)21-20(24)23-13-12-22(3)14-18(23)17-10-5-4-6-11-17/h4-11,18H,12-14H2,1-3H3,(H,21,24)/t18-/m0/s1. The zero-order valence-electron chi connectivity index (χ0n) is 14.6. The molecular weight excluding hydrogens is 298 g/mol. The van der Waals surface area contributed by atoms with Gasteiger partial charge in [0.15, 0.2) is 0 Å². The monoisotopic (exact) mass is 323 g/mol. The van der Waals surface area contributed by atoms with Crippen LogP contribution in [-0.2, 0) is 0 Å². The first-order chi connectivity index (χ1) is 11.6. The Morgan fingerprint density at radius 1 is 1.00 bits per heavy atom. The van der Waals surface area contributed by atoms with Crippen LogP contribution >= 0.6 is 0 Å². The Labute approximate surface area is 144 Å². The first-order valence-electron chi connectivity index (χ1n) is 8.43. The minimum atomic E-state index is -0.0191. The van der Waals surface area contributed by atoms with E-state index in [2.05, 4.69) is 29.4 Å². The molecule has 1 heterocycles. The van der Waals surface area contributed by atoms with E-state index in [-0.39, 0.29) is 12.1 Å². The van der Waals surface area contributed by atoms with Crippen molar-refractivity contribution in [3.63, 3.8) is 0 Å². The summed E-state index contributed by atoms with van der Waals surface area (Å²) < 4.78 is 0. The van der Waals surface area contributed by atoms with Crippen LogP contribution in [0.25, 0.3) is 0 Å². The van der Waals surface area contributed by atoms with Crippen molar-refractivity contribution < 1.29 is 4.79 Å². The van der Waals surface area contributed by atoms with Gasteiger partial charge in [-0.05, 0) is 37.6 Å². The summed E-state index contributed by atoms with van der Waals surface area (Å²) in [5.74, 6) is 0. The number of nitrogens with one attached hydrogen (secondary N) is 1. The van der Waals surface area contributed by atoms with Gasteiger partial charge in [-0.2, -0.15) is 0 Å². The summed E-state index contributed by atoms with van der Waals surface area (Å²) in [6, 6.07) is 16.4. The summed E-state index contributed by atoms with van der Waals surface area (Å²) in [6.07, 6.45) is 0. The minimum absolute atomic E-state index is 0.0191. The molecule has 0 saturated carbocycles. The average Bonchev–Trinajstić information content (AvgIpc) is 2.59. The Morgan fingerprint density at radius 3 is 2.33 bits per heavy atom. The Morgan fingerprint density at radius 2 is 1.67 bits per heavy atom. The lowest BCUT2D eigenvalue weighted by Crippen LogP contribution is -2.50. The van der Waals surface area contributed by atoms with Crippen LogP contribution in [0.2, 0.25) is 0 Å². The predicted molar refractivity (Wildman–Crippen MR) is 98.3 cm³/mol. The molecule has 1 N–H and O–H groups in total. The number of amides is 2. The van der Waals surface area contributed by atoms with Gasteiger partial charge in [0.1, 0.15) is 0 Å². The van der Waals surface area contributed by atoms with Crippen molar-refractivity contribution in [2.75, 3.05) is 32.0 Å². The molecule has 24 heavy (non-hydrogen) atoms. The van der Waals surface area contributed by atoms with E-state index < -0.39 is 0 Å². The van der Waals surface area contributed by atoms with E-state index >= 15 is 0 Å². The fourth-order valence-corrected chi connectivity index (χ4v) is 3.31. The predicted octanol–water partition coefficient (Wildman–Crippen LogP) is 3.82. The van der Waals surface area contributed by atoms with Gasteiger partial charge in [-0.15, -0.1) is 0 Å². The quantitative estimate of drug-likeness (QED) is 0.912. The van der Waals surface area contributed by atoms with Gasteiger partial charge in [-0.25, -0.2) is 4.79 Å². The van der Waals surface area contributed by atoms with E-state index in [0.717, 1.165) is 36.4 Å². The van der Waals surface area contributed by atoms with Gasteiger partial charge in [-0.1, -0.05) is 48.5 Å². The number of likely N-dealkylation sites (N-methyl/N-ethyl adjacent to an activating group) is 1. The number of nitrogens with zero attached hydrogens (tertiary/aromatic N) is 2. The maximum Gasteiger partial charge on any atom is 0.322 e. The molecule has 0 unspecified atom stereocenters. The van der Waals surface area contributed by atoms with Crippen molar-refractivity contribution >= 4 is 11.7 Å². The van der Waals surface area contributed by atoms with E-state index in [1.807, 2.05) is 55.1 Å². The SMILES string of the molecule is Cc1cccc(C)c1NC(=O)N1CCN(C)C[C@H]1c1ccccc1. The third-order valence-corrected chi connectivity index (χ3v) is 4.74. The van der Waals surface area contributed by atoms with Gasteiger partial charge in [0, 0.05) is 25.3 Å². The molecule has 0 bridgehead atoms. The lowest BCUT2D eigenvalue weighted by atomic mass is 10.0. The molecule has 1 aliphatic rings. The molecule has 0 aromatic heterocycles. The summed E-state index contributed by atoms with van der Waals surface area (Å²) >= 11 is 0. The van der Waals surface area contributed by atoms with Crippen molar-refractivity contribution in [2.45, 2.75) is 19.9 Å². The zero-order valence-corrected chi connectivity index (χ0v) is 14.6. The highest BCUT2D eigenvalue weighted by Crippen LogP contribution is 2.27. The number of aryl methyl sites for hydroxylation is 2. The van der Waals surface area contributed by atoms with Crippen LogP contribution in [0.4, 0.5) is 10.5 Å². The fraction of sp³-hybridized carbons (Fsp3) is 0.350. The maximum atomic E-state index is 13.0. The Balaban J connectivity index is 1.84. The number of carbonyl (C=O) groups is 1. The molecule has 4 nitrogen and oxygen atoms in total. The molecule has 0 aliphatic carbocycles. The second kappa shape index (κ2) is 7.05. The van der Waals surface area contributed by atoms with Crippen LogP contribution < -0.4 is 5.32 Å². The molecule has 1 aliphatic heterocycles. The number of para-hydroxylation sites is 1. The normalized spacial score (nSPS) is 18.5. The molecule has 4 heteroatoms. The fourth-order valence-electron chi connectivity index (χ4n) is 3.31. The number of carbonyl (C=O) groups excluding carboxylic acids is 1. The van der Waals surface area contributed by atoms with E-state index in [1.165, 1.54) is 5.56 Å². The first-order valence-corrected chi connectivity index (χ1v) is 8.43. The van der Waals surface area contributed by atoms with Gasteiger partial charge < -0.3 is 15.1 Å². The second-order valence-corrected chi connectivity index (χ2v) is 6.58. The third kappa shape index (κ3) is 3.44. The van der Waals surface area contributed by atoms with E-state index in [4.69, 9.17) is 0 Å². The highest BCUT2D eigenvalue weighted by atomic mass is 16.2. The van der Waals surface area contributed by atoms with Crippen LogP contribution in [0, 0.1) is 13.8 Å². The topological polar surface area (TPSA) is 35.6 Å². The second-order valence-electron chi connectivity index (χ2n) is 6.58. The molecule has 2 aromatic rings. The Kier molecular flexibility index (Phi) is 4.86. The molecule has 1 fully saturated rings. The highest BCUT2D eigenvalue weighted by molar-refractivity contribution is 5.91. The van der Waals surface area contributed by atoms with Gasteiger partial charge in [-0.3, -0.25) is 0 Å². The number of benzene rings is 2. The molecule has 1 saturated heterocycles. The number of rotatable bonds is 2. The molecule has 3 rings (SSSR count). The van der Waals surface area contributed by atoms with Crippen molar-refractivity contribution in [1.29, 1.82) is 0 Å². The van der Waals surface area contributed by atoms with E-state index in [0.29, 0.717) is 0 Å². The molecule has 0 radical (unpaired) electrons. The number of hydrogen-bond acceptors (Lipinski definition) is 2. The van der Waals surface area contributed by atoms with Crippen LogP contribution in [0.15, 0.2) is 48.5 Å². The van der Waals surface area contributed by atoms with Crippen molar-refractivity contribution in [3.05, 3.63) is 65.2 Å². The van der Waals surface area contributed by atoms with Crippen LogP contribution in [0.5, 0.6) is 0 Å². The molecule has 2 aromatic carbocycles. The van der Waals surface area contributed by atoms with Gasteiger partial charge in [0.2, 0.25) is 0 Å². The Bertz CT molecular complexity index is 694. The average molecular weight is 323 g/mol. The summed E-state index contributed by atoms with van der Waals surface area (Å²) in [5, 5.41) is 3.13. The third-order valence-electron chi connectivity index (χ3n) is 4.74. The zero-order chi connectivity index (χ0) is 17.1. The number of urea groups is 1. The van der Waals surface area contributed by atoms with E-state index in [9.17, 15) is 4.79 Å². The number of hydrogen-bond donors (Lipinski definition) is 1. The summed E-state index contributed by atoms with van der Waals surface area (Å²) in [7, 11) is 2.11. The van der Waals surface area contributed by atoms with Gasteiger partial charge in [0.25, 0.3) is 0 Å². The minimum Gasteiger partial charge on any atom is -0.315 e. The van der Waals surface area contributed by atoms with Crippen LogP contribution in [-0.4, -0.2) is 42.5 Å². The number of piperazine rings is 1. The smallest absolute Gasteiger partial charge is 0.315 e. The highest BCUT2D eigenvalue weighted by Gasteiger charge is 2.30. The van der Waals surface area contributed by atoms with Crippen molar-refractivity contribution in [2.24, 2.45) is 0 Å². The lowest BCUT2D eigenvalue weighted by Gasteiger charge is -2.40. The van der Waals surface area contributed by atoms with Crippen molar-refractivity contribution in [3.8, 4) is 0 Å².